The van der Waals surface area contributed by atoms with Crippen LogP contribution in [-0.2, 0) is 4.79 Å². The number of nitriles is 1. The molecule has 0 fully saturated rings. The molecule has 1 amide bonds. The summed E-state index contributed by atoms with van der Waals surface area (Å²) in [6.45, 7) is 0. The topological polar surface area (TPSA) is 97.0 Å². The Morgan fingerprint density at radius 3 is 2.76 bits per heavy atom. The summed E-state index contributed by atoms with van der Waals surface area (Å²) in [4.78, 5) is 30.5. The normalized spacial score (nSPS) is 10.6. The summed E-state index contributed by atoms with van der Waals surface area (Å²) in [7, 11) is 1.55. The average Bonchev–Trinajstić information content (AvgIpc) is 2.83. The fourth-order valence-corrected chi connectivity index (χ4v) is 4.23. The molecular formula is C24H17ClN4O3S. The molecule has 0 saturated heterocycles. The number of halogens is 1. The fourth-order valence-electron chi connectivity index (χ4n) is 3.20. The van der Waals surface area contributed by atoms with Crippen LogP contribution in [0, 0.1) is 11.3 Å². The Morgan fingerprint density at radius 1 is 1.18 bits per heavy atom. The molecule has 0 bridgehead atoms. The highest BCUT2D eigenvalue weighted by molar-refractivity contribution is 7.99. The summed E-state index contributed by atoms with van der Waals surface area (Å²) in [5.41, 5.74) is 1.69. The number of nitrogens with one attached hydrogen (secondary N) is 1. The van der Waals surface area contributed by atoms with Crippen molar-refractivity contribution >= 4 is 45.9 Å². The van der Waals surface area contributed by atoms with Crippen LogP contribution < -0.4 is 15.6 Å². The highest BCUT2D eigenvalue weighted by atomic mass is 35.5. The van der Waals surface area contributed by atoms with Crippen molar-refractivity contribution < 1.29 is 9.53 Å². The van der Waals surface area contributed by atoms with Crippen molar-refractivity contribution in [2.45, 2.75) is 5.16 Å². The zero-order valence-electron chi connectivity index (χ0n) is 17.4. The number of hydrogen-bond acceptors (Lipinski definition) is 6. The highest BCUT2D eigenvalue weighted by Gasteiger charge is 2.15. The number of fused-ring (bicyclic) bond motifs is 1. The molecule has 4 rings (SSSR count). The van der Waals surface area contributed by atoms with E-state index in [-0.39, 0.29) is 22.2 Å². The lowest BCUT2D eigenvalue weighted by molar-refractivity contribution is -0.113. The van der Waals surface area contributed by atoms with Gasteiger partial charge in [0.2, 0.25) is 5.91 Å². The van der Waals surface area contributed by atoms with Crippen LogP contribution in [0.15, 0.2) is 76.7 Å². The lowest BCUT2D eigenvalue weighted by Crippen LogP contribution is -2.23. The van der Waals surface area contributed by atoms with Gasteiger partial charge in [0.25, 0.3) is 5.56 Å². The van der Waals surface area contributed by atoms with Gasteiger partial charge in [0, 0.05) is 11.8 Å². The molecule has 0 aliphatic heterocycles. The van der Waals surface area contributed by atoms with Crippen LogP contribution in [-0.4, -0.2) is 28.3 Å². The Bertz CT molecular complexity index is 1460. The minimum Gasteiger partial charge on any atom is -0.497 e. The Hall–Kier alpha value is -3.80. The maximum absolute atomic E-state index is 13.3. The lowest BCUT2D eigenvalue weighted by atomic mass is 10.2. The van der Waals surface area contributed by atoms with Crippen molar-refractivity contribution in [1.29, 1.82) is 5.26 Å². The molecule has 0 aliphatic rings. The van der Waals surface area contributed by atoms with Crippen molar-refractivity contribution in [1.82, 2.24) is 9.55 Å². The van der Waals surface area contributed by atoms with Crippen molar-refractivity contribution in [2.24, 2.45) is 0 Å². The molecule has 1 N–H and O–H groups in total. The number of aromatic nitrogens is 2. The second-order valence-corrected chi connectivity index (χ2v) is 8.25. The molecule has 0 saturated carbocycles. The van der Waals surface area contributed by atoms with E-state index >= 15 is 0 Å². The van der Waals surface area contributed by atoms with Crippen molar-refractivity contribution in [3.05, 3.63) is 87.7 Å². The average molecular weight is 477 g/mol. The first-order valence-corrected chi connectivity index (χ1v) is 11.1. The van der Waals surface area contributed by atoms with E-state index in [0.717, 1.165) is 11.8 Å². The number of nitrogens with zero attached hydrogens (tertiary/aromatic N) is 3. The maximum atomic E-state index is 13.3. The third kappa shape index (κ3) is 4.85. The first kappa shape index (κ1) is 22.4. The first-order chi connectivity index (χ1) is 16.0. The standard InChI is InChI=1S/C24H17ClN4O3S/c1-32-18-6-4-5-17(12-18)29-23(31)19-7-2-3-8-21(19)28-24(29)33-14-22(30)27-16-10-9-15(13-26)20(25)11-16/h2-12H,14H2,1H3,(H,27,30). The van der Waals surface area contributed by atoms with Gasteiger partial charge < -0.3 is 10.1 Å². The molecule has 0 atom stereocenters. The van der Waals surface area contributed by atoms with Crippen molar-refractivity contribution in [2.75, 3.05) is 18.2 Å². The van der Waals surface area contributed by atoms with Crippen LogP contribution in [0.5, 0.6) is 5.75 Å². The third-order valence-corrected chi connectivity index (χ3v) is 6.01. The monoisotopic (exact) mass is 476 g/mol. The number of carbonyl (C=O) groups is 1. The van der Waals surface area contributed by atoms with Gasteiger partial charge in [0.1, 0.15) is 11.8 Å². The number of para-hydroxylation sites is 1. The van der Waals surface area contributed by atoms with Gasteiger partial charge in [-0.15, -0.1) is 0 Å². The number of hydrogen-bond donors (Lipinski definition) is 1. The van der Waals surface area contributed by atoms with Crippen LogP contribution in [0.1, 0.15) is 5.56 Å². The fraction of sp³-hybridized carbons (Fsp3) is 0.0833. The minimum atomic E-state index is -0.305. The summed E-state index contributed by atoms with van der Waals surface area (Å²) in [5.74, 6) is 0.297. The van der Waals surface area contributed by atoms with E-state index in [4.69, 9.17) is 21.6 Å². The number of carbonyl (C=O) groups excluding carboxylic acids is 1. The van der Waals surface area contributed by atoms with Crippen LogP contribution in [0.4, 0.5) is 5.69 Å². The summed E-state index contributed by atoms with van der Waals surface area (Å²) >= 11 is 7.17. The molecule has 33 heavy (non-hydrogen) atoms. The molecule has 164 valence electrons. The van der Waals surface area contributed by atoms with E-state index in [0.29, 0.717) is 38.7 Å². The number of methoxy groups -OCH3 is 1. The Morgan fingerprint density at radius 2 is 2.00 bits per heavy atom. The first-order valence-electron chi connectivity index (χ1n) is 9.78. The summed E-state index contributed by atoms with van der Waals surface area (Å²) in [5, 5.41) is 12.8. The van der Waals surface area contributed by atoms with Gasteiger partial charge in [-0.2, -0.15) is 5.26 Å². The SMILES string of the molecule is COc1cccc(-n2c(SCC(=O)Nc3ccc(C#N)c(Cl)c3)nc3ccccc3c2=O)c1. The lowest BCUT2D eigenvalue weighted by Gasteiger charge is -2.14. The van der Waals surface area contributed by atoms with E-state index in [1.54, 1.807) is 61.7 Å². The highest BCUT2D eigenvalue weighted by Crippen LogP contribution is 2.24. The summed E-state index contributed by atoms with van der Waals surface area (Å²) in [6.07, 6.45) is 0. The van der Waals surface area contributed by atoms with Crippen LogP contribution in [0.3, 0.4) is 0 Å². The Balaban J connectivity index is 1.65. The van der Waals surface area contributed by atoms with Gasteiger partial charge in [0.05, 0.1) is 40.0 Å². The van der Waals surface area contributed by atoms with Gasteiger partial charge >= 0.3 is 0 Å². The molecule has 0 radical (unpaired) electrons. The van der Waals surface area contributed by atoms with E-state index in [9.17, 15) is 9.59 Å². The Labute approximate surface area is 198 Å². The molecule has 7 nitrogen and oxygen atoms in total. The van der Waals surface area contributed by atoms with Crippen LogP contribution >= 0.6 is 23.4 Å². The molecule has 4 aromatic rings. The maximum Gasteiger partial charge on any atom is 0.266 e. The van der Waals surface area contributed by atoms with E-state index < -0.39 is 0 Å². The smallest absolute Gasteiger partial charge is 0.266 e. The predicted octanol–water partition coefficient (Wildman–Crippen LogP) is 4.65. The minimum absolute atomic E-state index is 0.00632. The molecule has 9 heteroatoms. The molecule has 0 unspecified atom stereocenters. The predicted molar refractivity (Wildman–Crippen MR) is 129 cm³/mol. The van der Waals surface area contributed by atoms with Crippen LogP contribution in [0.25, 0.3) is 16.6 Å². The number of anilines is 1. The van der Waals surface area contributed by atoms with Crippen LogP contribution in [0.2, 0.25) is 5.02 Å². The molecule has 1 aromatic heterocycles. The summed E-state index contributed by atoms with van der Waals surface area (Å²) in [6, 6.07) is 20.8. The Kier molecular flexibility index (Phi) is 6.63. The second kappa shape index (κ2) is 9.77. The van der Waals surface area contributed by atoms with Crippen molar-refractivity contribution in [3.63, 3.8) is 0 Å². The number of thioether (sulfide) groups is 1. The van der Waals surface area contributed by atoms with E-state index in [2.05, 4.69) is 10.3 Å². The summed E-state index contributed by atoms with van der Waals surface area (Å²) < 4.78 is 6.77. The third-order valence-electron chi connectivity index (χ3n) is 4.76. The number of rotatable bonds is 6. The van der Waals surface area contributed by atoms with Gasteiger partial charge in [0.15, 0.2) is 5.16 Å². The molecule has 1 heterocycles. The van der Waals surface area contributed by atoms with Crippen molar-refractivity contribution in [3.8, 4) is 17.5 Å². The van der Waals surface area contributed by atoms with E-state index in [1.807, 2.05) is 6.07 Å². The largest absolute Gasteiger partial charge is 0.497 e. The second-order valence-electron chi connectivity index (χ2n) is 6.90. The molecular weight excluding hydrogens is 460 g/mol. The zero-order chi connectivity index (χ0) is 23.4. The van der Waals surface area contributed by atoms with E-state index in [1.165, 1.54) is 16.7 Å². The van der Waals surface area contributed by atoms with Gasteiger partial charge in [-0.3, -0.25) is 14.2 Å². The number of ether oxygens (including phenoxy) is 1. The van der Waals surface area contributed by atoms with Gasteiger partial charge in [-0.05, 0) is 42.5 Å². The number of amides is 1. The van der Waals surface area contributed by atoms with Gasteiger partial charge in [-0.1, -0.05) is 41.6 Å². The van der Waals surface area contributed by atoms with Gasteiger partial charge in [-0.25, -0.2) is 4.98 Å². The number of benzene rings is 3. The molecule has 0 aliphatic carbocycles. The quantitative estimate of drug-likeness (QED) is 0.321. The molecule has 0 spiro atoms. The zero-order valence-corrected chi connectivity index (χ0v) is 19.0. The molecule has 3 aromatic carbocycles.